The first-order chi connectivity index (χ1) is 12.6. The fourth-order valence-electron chi connectivity index (χ4n) is 2.37. The topological polar surface area (TPSA) is 79.5 Å². The SMILES string of the molecule is CC(Nc1ccc(OCc2ccccc2)cc1)C(=O)NC(=O)NC1CC1. The van der Waals surface area contributed by atoms with Crippen molar-refractivity contribution in [1.82, 2.24) is 10.6 Å². The highest BCUT2D eigenvalue weighted by Gasteiger charge is 2.24. The molecule has 0 bridgehead atoms. The number of amides is 3. The van der Waals surface area contributed by atoms with Crippen molar-refractivity contribution in [1.29, 1.82) is 0 Å². The number of nitrogens with one attached hydrogen (secondary N) is 3. The van der Waals surface area contributed by atoms with E-state index in [1.54, 1.807) is 6.92 Å². The van der Waals surface area contributed by atoms with Crippen LogP contribution in [0, 0.1) is 0 Å². The smallest absolute Gasteiger partial charge is 0.321 e. The standard InChI is InChI=1S/C20H23N3O3/c1-14(19(24)23-20(25)22-17-7-8-17)21-16-9-11-18(12-10-16)26-13-15-5-3-2-4-6-15/h2-6,9-12,14,17,21H,7-8,13H2,1H3,(H2,22,23,24,25). The highest BCUT2D eigenvalue weighted by molar-refractivity contribution is 5.98. The van der Waals surface area contributed by atoms with Gasteiger partial charge < -0.3 is 15.4 Å². The lowest BCUT2D eigenvalue weighted by Crippen LogP contribution is -2.46. The summed E-state index contributed by atoms with van der Waals surface area (Å²) < 4.78 is 5.73. The molecular formula is C20H23N3O3. The minimum Gasteiger partial charge on any atom is -0.489 e. The molecule has 1 unspecified atom stereocenters. The van der Waals surface area contributed by atoms with E-state index < -0.39 is 12.1 Å². The van der Waals surface area contributed by atoms with E-state index in [2.05, 4.69) is 16.0 Å². The van der Waals surface area contributed by atoms with Crippen molar-refractivity contribution in [3.63, 3.8) is 0 Å². The summed E-state index contributed by atoms with van der Waals surface area (Å²) in [7, 11) is 0. The van der Waals surface area contributed by atoms with Crippen molar-refractivity contribution in [2.75, 3.05) is 5.32 Å². The van der Waals surface area contributed by atoms with E-state index in [0.717, 1.165) is 29.8 Å². The van der Waals surface area contributed by atoms with Crippen LogP contribution in [0.1, 0.15) is 25.3 Å². The lowest BCUT2D eigenvalue weighted by molar-refractivity contribution is -0.120. The normalized spacial score (nSPS) is 14.2. The van der Waals surface area contributed by atoms with Crippen LogP contribution in [0.25, 0.3) is 0 Å². The summed E-state index contributed by atoms with van der Waals surface area (Å²) in [6.07, 6.45) is 1.96. The molecule has 26 heavy (non-hydrogen) atoms. The Morgan fingerprint density at radius 2 is 1.77 bits per heavy atom. The lowest BCUT2D eigenvalue weighted by Gasteiger charge is -2.15. The van der Waals surface area contributed by atoms with E-state index in [0.29, 0.717) is 6.61 Å². The Kier molecular flexibility index (Phi) is 5.73. The Labute approximate surface area is 152 Å². The molecule has 1 atom stereocenters. The molecule has 3 rings (SSSR count). The third-order valence-corrected chi connectivity index (χ3v) is 4.03. The van der Waals surface area contributed by atoms with E-state index in [1.807, 2.05) is 54.6 Å². The highest BCUT2D eigenvalue weighted by atomic mass is 16.5. The Morgan fingerprint density at radius 1 is 1.08 bits per heavy atom. The zero-order valence-corrected chi connectivity index (χ0v) is 14.7. The first-order valence-electron chi connectivity index (χ1n) is 8.75. The molecule has 0 saturated heterocycles. The molecule has 1 aliphatic rings. The van der Waals surface area contributed by atoms with Gasteiger partial charge in [-0.1, -0.05) is 30.3 Å². The largest absolute Gasteiger partial charge is 0.489 e. The minimum absolute atomic E-state index is 0.217. The molecule has 0 radical (unpaired) electrons. The molecule has 1 fully saturated rings. The molecule has 0 aromatic heterocycles. The summed E-state index contributed by atoms with van der Waals surface area (Å²) in [6.45, 7) is 2.21. The van der Waals surface area contributed by atoms with Crippen LogP contribution in [0.15, 0.2) is 54.6 Å². The molecule has 0 heterocycles. The number of urea groups is 1. The summed E-state index contributed by atoms with van der Waals surface area (Å²) in [5.74, 6) is 0.382. The van der Waals surface area contributed by atoms with Crippen LogP contribution < -0.4 is 20.7 Å². The van der Waals surface area contributed by atoms with Crippen LogP contribution >= 0.6 is 0 Å². The van der Waals surface area contributed by atoms with Gasteiger partial charge in [0.2, 0.25) is 5.91 Å². The van der Waals surface area contributed by atoms with Crippen molar-refractivity contribution < 1.29 is 14.3 Å². The Hall–Kier alpha value is -3.02. The van der Waals surface area contributed by atoms with Crippen molar-refractivity contribution in [3.05, 3.63) is 60.2 Å². The number of rotatable bonds is 7. The second-order valence-electron chi connectivity index (χ2n) is 6.40. The Morgan fingerprint density at radius 3 is 2.42 bits per heavy atom. The maximum atomic E-state index is 12.0. The number of anilines is 1. The van der Waals surface area contributed by atoms with Crippen LogP contribution in [-0.4, -0.2) is 24.0 Å². The van der Waals surface area contributed by atoms with Crippen LogP contribution in [0.3, 0.4) is 0 Å². The number of hydrogen-bond donors (Lipinski definition) is 3. The van der Waals surface area contributed by atoms with Crippen molar-refractivity contribution >= 4 is 17.6 Å². The van der Waals surface area contributed by atoms with Crippen molar-refractivity contribution in [2.24, 2.45) is 0 Å². The zero-order valence-electron chi connectivity index (χ0n) is 14.7. The van der Waals surface area contributed by atoms with E-state index in [1.165, 1.54) is 0 Å². The van der Waals surface area contributed by atoms with Gasteiger partial charge in [0.15, 0.2) is 0 Å². The Bertz CT molecular complexity index is 743. The summed E-state index contributed by atoms with van der Waals surface area (Å²) in [5, 5.41) is 8.14. The third kappa shape index (κ3) is 5.51. The number of imide groups is 1. The molecule has 6 heteroatoms. The van der Waals surface area contributed by atoms with Gasteiger partial charge in [0.1, 0.15) is 18.4 Å². The highest BCUT2D eigenvalue weighted by Crippen LogP contribution is 2.19. The van der Waals surface area contributed by atoms with Crippen LogP contribution in [-0.2, 0) is 11.4 Å². The molecule has 3 amide bonds. The average molecular weight is 353 g/mol. The van der Waals surface area contributed by atoms with Gasteiger partial charge in [-0.3, -0.25) is 10.1 Å². The van der Waals surface area contributed by atoms with Crippen LogP contribution in [0.4, 0.5) is 10.5 Å². The van der Waals surface area contributed by atoms with Crippen LogP contribution in [0.5, 0.6) is 5.75 Å². The van der Waals surface area contributed by atoms with Gasteiger partial charge in [0.05, 0.1) is 0 Å². The predicted molar refractivity (Wildman–Crippen MR) is 100.0 cm³/mol. The molecule has 136 valence electrons. The molecule has 1 saturated carbocycles. The maximum Gasteiger partial charge on any atom is 0.321 e. The maximum absolute atomic E-state index is 12.0. The van der Waals surface area contributed by atoms with Gasteiger partial charge in [-0.15, -0.1) is 0 Å². The first kappa shape index (κ1) is 17.8. The van der Waals surface area contributed by atoms with Gasteiger partial charge in [-0.2, -0.15) is 0 Å². The van der Waals surface area contributed by atoms with E-state index in [-0.39, 0.29) is 11.9 Å². The molecular weight excluding hydrogens is 330 g/mol. The van der Waals surface area contributed by atoms with Gasteiger partial charge in [0, 0.05) is 11.7 Å². The lowest BCUT2D eigenvalue weighted by atomic mass is 10.2. The van der Waals surface area contributed by atoms with Crippen molar-refractivity contribution in [3.8, 4) is 5.75 Å². The van der Waals surface area contributed by atoms with E-state index in [9.17, 15) is 9.59 Å². The summed E-state index contributed by atoms with van der Waals surface area (Å²) in [4.78, 5) is 23.6. The van der Waals surface area contributed by atoms with E-state index >= 15 is 0 Å². The number of carbonyl (C=O) groups is 2. The Balaban J connectivity index is 1.45. The summed E-state index contributed by atoms with van der Waals surface area (Å²) >= 11 is 0. The molecule has 0 spiro atoms. The molecule has 2 aromatic carbocycles. The van der Waals surface area contributed by atoms with Crippen LogP contribution in [0.2, 0.25) is 0 Å². The van der Waals surface area contributed by atoms with E-state index in [4.69, 9.17) is 4.74 Å². The fourth-order valence-corrected chi connectivity index (χ4v) is 2.37. The van der Waals surface area contributed by atoms with Gasteiger partial charge >= 0.3 is 6.03 Å². The second-order valence-corrected chi connectivity index (χ2v) is 6.40. The molecule has 6 nitrogen and oxygen atoms in total. The zero-order chi connectivity index (χ0) is 18.4. The number of benzene rings is 2. The summed E-state index contributed by atoms with van der Waals surface area (Å²) in [5.41, 5.74) is 1.88. The molecule has 1 aliphatic carbocycles. The molecule has 3 N–H and O–H groups in total. The fraction of sp³-hybridized carbons (Fsp3) is 0.300. The molecule has 0 aliphatic heterocycles. The second kappa shape index (κ2) is 8.38. The quantitative estimate of drug-likeness (QED) is 0.715. The minimum atomic E-state index is -0.531. The van der Waals surface area contributed by atoms with Gasteiger partial charge in [-0.05, 0) is 49.6 Å². The number of carbonyl (C=O) groups excluding carboxylic acids is 2. The van der Waals surface area contributed by atoms with Crippen molar-refractivity contribution in [2.45, 2.75) is 38.5 Å². The predicted octanol–water partition coefficient (Wildman–Crippen LogP) is 3.05. The number of ether oxygens (including phenoxy) is 1. The monoisotopic (exact) mass is 353 g/mol. The average Bonchev–Trinajstić information content (AvgIpc) is 3.45. The first-order valence-corrected chi connectivity index (χ1v) is 8.75. The molecule has 2 aromatic rings. The number of hydrogen-bond acceptors (Lipinski definition) is 4. The van der Waals surface area contributed by atoms with Gasteiger partial charge in [-0.25, -0.2) is 4.79 Å². The van der Waals surface area contributed by atoms with Gasteiger partial charge in [0.25, 0.3) is 0 Å². The summed E-state index contributed by atoms with van der Waals surface area (Å²) in [6, 6.07) is 16.6. The third-order valence-electron chi connectivity index (χ3n) is 4.03.